The minimum atomic E-state index is -1.02. The highest BCUT2D eigenvalue weighted by molar-refractivity contribution is 5.96. The van der Waals surface area contributed by atoms with E-state index < -0.39 is 30.1 Å². The number of carbonyl (C=O) groups is 3. The van der Waals surface area contributed by atoms with Gasteiger partial charge in [-0.05, 0) is 30.7 Å². The van der Waals surface area contributed by atoms with Crippen LogP contribution in [0.3, 0.4) is 0 Å². The Balaban J connectivity index is 1.85. The molecule has 1 saturated heterocycles. The first-order valence-corrected chi connectivity index (χ1v) is 8.98. The largest absolute Gasteiger partial charge is 0.507 e. The van der Waals surface area contributed by atoms with E-state index in [1.54, 1.807) is 48.5 Å². The average Bonchev–Trinajstić information content (AvgIpc) is 3.08. The van der Waals surface area contributed by atoms with Crippen molar-refractivity contribution in [2.24, 2.45) is 0 Å². The molecule has 2 unspecified atom stereocenters. The quantitative estimate of drug-likeness (QED) is 0.527. The molecule has 150 valence electrons. The van der Waals surface area contributed by atoms with Gasteiger partial charge in [0.05, 0.1) is 5.70 Å². The predicted octanol–water partition coefficient (Wildman–Crippen LogP) is 1.87. The Morgan fingerprint density at radius 1 is 1.10 bits per heavy atom. The maximum absolute atomic E-state index is 12.6. The van der Waals surface area contributed by atoms with Gasteiger partial charge in [0, 0.05) is 17.5 Å². The zero-order chi connectivity index (χ0) is 20.8. The molecular formula is C21H20N2O6. The molecule has 1 amide bonds. The van der Waals surface area contributed by atoms with Gasteiger partial charge in [-0.2, -0.15) is 0 Å². The molecule has 1 aliphatic heterocycles. The second-order valence-corrected chi connectivity index (χ2v) is 6.45. The molecule has 0 aromatic heterocycles. The molecule has 2 aromatic rings. The molecule has 2 atom stereocenters. The third-order valence-electron chi connectivity index (χ3n) is 4.34. The van der Waals surface area contributed by atoms with Gasteiger partial charge in [-0.3, -0.25) is 19.7 Å². The number of carboxylic acid groups (broad SMARTS) is 1. The zero-order valence-electron chi connectivity index (χ0n) is 15.4. The van der Waals surface area contributed by atoms with Crippen molar-refractivity contribution in [2.45, 2.75) is 25.1 Å². The fourth-order valence-electron chi connectivity index (χ4n) is 2.85. The number of aliphatic carboxylic acids is 1. The average molecular weight is 396 g/mol. The zero-order valence-corrected chi connectivity index (χ0v) is 15.4. The number of aromatic hydroxyl groups is 1. The molecule has 3 rings (SSSR count). The lowest BCUT2D eigenvalue weighted by Crippen LogP contribution is -2.38. The Morgan fingerprint density at radius 3 is 2.48 bits per heavy atom. The Labute approximate surface area is 166 Å². The van der Waals surface area contributed by atoms with E-state index in [-0.39, 0.29) is 24.3 Å². The third-order valence-corrected chi connectivity index (χ3v) is 4.34. The second kappa shape index (κ2) is 9.03. The van der Waals surface area contributed by atoms with Crippen molar-refractivity contribution in [1.29, 1.82) is 0 Å². The summed E-state index contributed by atoms with van der Waals surface area (Å²) < 4.78 is 5.31. The van der Waals surface area contributed by atoms with E-state index in [0.717, 1.165) is 0 Å². The minimum absolute atomic E-state index is 0.00860. The molecular weight excluding hydrogens is 376 g/mol. The number of para-hydroxylation sites is 1. The maximum Gasteiger partial charge on any atom is 0.325 e. The van der Waals surface area contributed by atoms with Gasteiger partial charge in [-0.15, -0.1) is 0 Å². The number of hydrogen-bond donors (Lipinski definition) is 4. The summed E-state index contributed by atoms with van der Waals surface area (Å²) in [6.07, 6.45) is 0.365. The van der Waals surface area contributed by atoms with E-state index in [2.05, 4.69) is 10.6 Å². The van der Waals surface area contributed by atoms with Crippen LogP contribution in [0.1, 0.15) is 28.8 Å². The van der Waals surface area contributed by atoms with Gasteiger partial charge in [-0.1, -0.05) is 36.4 Å². The lowest BCUT2D eigenvalue weighted by atomic mass is 10.1. The van der Waals surface area contributed by atoms with Crippen LogP contribution in [0.2, 0.25) is 0 Å². The summed E-state index contributed by atoms with van der Waals surface area (Å²) in [4.78, 5) is 35.5. The van der Waals surface area contributed by atoms with E-state index >= 15 is 0 Å². The second-order valence-electron chi connectivity index (χ2n) is 6.45. The number of esters is 1. The summed E-state index contributed by atoms with van der Waals surface area (Å²) in [5.41, 5.74) is 1.04. The Kier molecular flexibility index (Phi) is 6.25. The molecule has 29 heavy (non-hydrogen) atoms. The van der Waals surface area contributed by atoms with E-state index in [1.807, 2.05) is 0 Å². The summed E-state index contributed by atoms with van der Waals surface area (Å²) in [6, 6.07) is 14.2. The van der Waals surface area contributed by atoms with Crippen molar-refractivity contribution >= 4 is 23.9 Å². The SMILES string of the molecule is O=C(O)CCC1NC(/C(=C\c2ccccc2O)NC(=O)c2ccccc2)OC1=O. The summed E-state index contributed by atoms with van der Waals surface area (Å²) in [5, 5.41) is 24.5. The van der Waals surface area contributed by atoms with Crippen LogP contribution in [-0.4, -0.2) is 40.3 Å². The number of amides is 1. The number of carboxylic acids is 1. The Bertz CT molecular complexity index is 941. The molecule has 0 aliphatic carbocycles. The first kappa shape index (κ1) is 20.1. The molecule has 4 N–H and O–H groups in total. The number of hydrogen-bond acceptors (Lipinski definition) is 6. The van der Waals surface area contributed by atoms with Crippen LogP contribution in [-0.2, 0) is 14.3 Å². The first-order chi connectivity index (χ1) is 13.9. The van der Waals surface area contributed by atoms with Crippen molar-refractivity contribution in [1.82, 2.24) is 10.6 Å². The van der Waals surface area contributed by atoms with Gasteiger partial charge < -0.3 is 20.3 Å². The van der Waals surface area contributed by atoms with Gasteiger partial charge in [-0.25, -0.2) is 0 Å². The third kappa shape index (κ3) is 5.20. The van der Waals surface area contributed by atoms with E-state index in [1.165, 1.54) is 12.1 Å². The highest BCUT2D eigenvalue weighted by Crippen LogP contribution is 2.22. The van der Waals surface area contributed by atoms with Crippen LogP contribution in [0.25, 0.3) is 6.08 Å². The van der Waals surface area contributed by atoms with Gasteiger partial charge in [0.15, 0.2) is 6.23 Å². The van der Waals surface area contributed by atoms with Crippen molar-refractivity contribution in [2.75, 3.05) is 0 Å². The standard InChI is InChI=1S/C21H20N2O6/c24-17-9-5-4-8-14(17)12-16(22-19(27)13-6-2-1-3-7-13)20-23-15(21(28)29-20)10-11-18(25)26/h1-9,12,15,20,23-24H,10-11H2,(H,22,27)(H,25,26)/b16-12+. The predicted molar refractivity (Wildman–Crippen MR) is 104 cm³/mol. The summed E-state index contributed by atoms with van der Waals surface area (Å²) in [6.45, 7) is 0. The normalized spacial score (nSPS) is 18.9. The van der Waals surface area contributed by atoms with Crippen molar-refractivity contribution < 1.29 is 29.3 Å². The number of phenols is 1. The number of ether oxygens (including phenoxy) is 1. The van der Waals surface area contributed by atoms with E-state index in [9.17, 15) is 19.5 Å². The highest BCUT2D eigenvalue weighted by Gasteiger charge is 2.36. The lowest BCUT2D eigenvalue weighted by Gasteiger charge is -2.17. The fraction of sp³-hybridized carbons (Fsp3) is 0.190. The van der Waals surface area contributed by atoms with Gasteiger partial charge in [0.2, 0.25) is 0 Å². The maximum atomic E-state index is 12.6. The van der Waals surface area contributed by atoms with Crippen LogP contribution in [0.5, 0.6) is 5.75 Å². The monoisotopic (exact) mass is 396 g/mol. The topological polar surface area (TPSA) is 125 Å². The molecule has 2 aromatic carbocycles. The van der Waals surface area contributed by atoms with Crippen LogP contribution in [0.15, 0.2) is 60.3 Å². The van der Waals surface area contributed by atoms with Crippen LogP contribution >= 0.6 is 0 Å². The summed E-state index contributed by atoms with van der Waals surface area (Å²) in [5.74, 6) is -2.05. The number of carbonyl (C=O) groups excluding carboxylic acids is 2. The molecule has 8 nitrogen and oxygen atoms in total. The Hall–Kier alpha value is -3.65. The molecule has 1 aliphatic rings. The van der Waals surface area contributed by atoms with E-state index in [0.29, 0.717) is 11.1 Å². The van der Waals surface area contributed by atoms with Crippen molar-refractivity contribution in [3.63, 3.8) is 0 Å². The highest BCUT2D eigenvalue weighted by atomic mass is 16.6. The van der Waals surface area contributed by atoms with Gasteiger partial charge in [0.1, 0.15) is 11.8 Å². The van der Waals surface area contributed by atoms with Crippen molar-refractivity contribution in [3.8, 4) is 5.75 Å². The molecule has 0 spiro atoms. The molecule has 0 saturated carbocycles. The fourth-order valence-corrected chi connectivity index (χ4v) is 2.85. The minimum Gasteiger partial charge on any atom is -0.507 e. The molecule has 8 heteroatoms. The molecule has 1 heterocycles. The number of rotatable bonds is 7. The summed E-state index contributed by atoms with van der Waals surface area (Å²) >= 11 is 0. The molecule has 0 bridgehead atoms. The van der Waals surface area contributed by atoms with Crippen molar-refractivity contribution in [3.05, 3.63) is 71.4 Å². The smallest absolute Gasteiger partial charge is 0.325 e. The number of cyclic esters (lactones) is 1. The van der Waals surface area contributed by atoms with Crippen LogP contribution in [0, 0.1) is 0 Å². The number of phenolic OH excluding ortho intramolecular Hbond substituents is 1. The molecule has 1 fully saturated rings. The summed E-state index contributed by atoms with van der Waals surface area (Å²) in [7, 11) is 0. The number of benzene rings is 2. The Morgan fingerprint density at radius 2 is 1.79 bits per heavy atom. The van der Waals surface area contributed by atoms with Gasteiger partial charge in [0.25, 0.3) is 5.91 Å². The lowest BCUT2D eigenvalue weighted by molar-refractivity contribution is -0.141. The van der Waals surface area contributed by atoms with Crippen LogP contribution < -0.4 is 10.6 Å². The molecule has 0 radical (unpaired) electrons. The van der Waals surface area contributed by atoms with Gasteiger partial charge >= 0.3 is 11.9 Å². The van der Waals surface area contributed by atoms with E-state index in [4.69, 9.17) is 9.84 Å². The number of nitrogens with one attached hydrogen (secondary N) is 2. The first-order valence-electron chi connectivity index (χ1n) is 8.98. The van der Waals surface area contributed by atoms with Crippen LogP contribution in [0.4, 0.5) is 0 Å².